The van der Waals surface area contributed by atoms with Gasteiger partial charge in [0.15, 0.2) is 0 Å². The summed E-state index contributed by atoms with van der Waals surface area (Å²) in [5, 5.41) is 10.7. The molecule has 2 N–H and O–H groups in total. The van der Waals surface area contributed by atoms with Crippen molar-refractivity contribution < 1.29 is 4.79 Å². The van der Waals surface area contributed by atoms with Gasteiger partial charge in [-0.15, -0.1) is 0 Å². The minimum absolute atomic E-state index is 0.260. The zero-order chi connectivity index (χ0) is 19.4. The SMILES string of the molecule is CCN(CC)c1ccc(NC(=O)c2cc(-c3ccc(Cl)c(Cl)c3)n[nH]2)cc1. The number of nitrogens with zero attached hydrogens (tertiary/aromatic N) is 2. The molecule has 0 aliphatic rings. The fourth-order valence-corrected chi connectivity index (χ4v) is 3.08. The standard InChI is InChI=1S/C20H20Cl2N4O/c1-3-26(4-2)15-8-6-14(7-9-15)23-20(27)19-12-18(24-25-19)13-5-10-16(21)17(22)11-13/h5-12H,3-4H2,1-2H3,(H,23,27)(H,24,25). The summed E-state index contributed by atoms with van der Waals surface area (Å²) in [6.45, 7) is 6.10. The molecule has 1 aromatic heterocycles. The van der Waals surface area contributed by atoms with Gasteiger partial charge in [-0.05, 0) is 56.3 Å². The minimum atomic E-state index is -0.260. The predicted octanol–water partition coefficient (Wildman–Crippen LogP) is 5.48. The lowest BCUT2D eigenvalue weighted by Gasteiger charge is -2.21. The van der Waals surface area contributed by atoms with Crippen molar-refractivity contribution in [3.63, 3.8) is 0 Å². The van der Waals surface area contributed by atoms with E-state index in [-0.39, 0.29) is 5.91 Å². The molecule has 0 aliphatic heterocycles. The second-order valence-electron chi connectivity index (χ2n) is 5.97. The third kappa shape index (κ3) is 4.43. The summed E-state index contributed by atoms with van der Waals surface area (Å²) in [5.41, 5.74) is 3.62. The van der Waals surface area contributed by atoms with Gasteiger partial charge in [0.1, 0.15) is 5.69 Å². The summed E-state index contributed by atoms with van der Waals surface area (Å²) >= 11 is 12.0. The van der Waals surface area contributed by atoms with Crippen molar-refractivity contribution in [2.45, 2.75) is 13.8 Å². The van der Waals surface area contributed by atoms with Gasteiger partial charge in [-0.3, -0.25) is 9.89 Å². The molecule has 0 radical (unpaired) electrons. The van der Waals surface area contributed by atoms with Gasteiger partial charge >= 0.3 is 0 Å². The summed E-state index contributed by atoms with van der Waals surface area (Å²) in [6, 6.07) is 14.7. The number of halogens is 2. The molecule has 0 unspecified atom stereocenters. The molecule has 0 saturated carbocycles. The average molecular weight is 403 g/mol. The van der Waals surface area contributed by atoms with Crippen LogP contribution in [0.3, 0.4) is 0 Å². The number of rotatable bonds is 6. The average Bonchev–Trinajstić information content (AvgIpc) is 3.17. The van der Waals surface area contributed by atoms with Crippen LogP contribution < -0.4 is 10.2 Å². The number of hydrogen-bond acceptors (Lipinski definition) is 3. The van der Waals surface area contributed by atoms with E-state index in [0.29, 0.717) is 21.4 Å². The van der Waals surface area contributed by atoms with Crippen LogP contribution in [-0.2, 0) is 0 Å². The first-order valence-electron chi connectivity index (χ1n) is 8.69. The van der Waals surface area contributed by atoms with Crippen LogP contribution in [0.2, 0.25) is 10.0 Å². The third-order valence-corrected chi connectivity index (χ3v) is 5.03. The van der Waals surface area contributed by atoms with Crippen LogP contribution in [0.1, 0.15) is 24.3 Å². The Balaban J connectivity index is 1.71. The first-order valence-corrected chi connectivity index (χ1v) is 9.44. The fourth-order valence-electron chi connectivity index (χ4n) is 2.78. The molecule has 0 spiro atoms. The second-order valence-corrected chi connectivity index (χ2v) is 6.78. The molecule has 0 saturated heterocycles. The molecule has 1 amide bonds. The molecule has 0 aliphatic carbocycles. The van der Waals surface area contributed by atoms with Crippen molar-refractivity contribution in [1.29, 1.82) is 0 Å². The lowest BCUT2D eigenvalue weighted by molar-refractivity contribution is 0.102. The van der Waals surface area contributed by atoms with Crippen molar-refractivity contribution in [1.82, 2.24) is 10.2 Å². The Morgan fingerprint density at radius 3 is 2.37 bits per heavy atom. The molecule has 140 valence electrons. The lowest BCUT2D eigenvalue weighted by Crippen LogP contribution is -2.21. The zero-order valence-electron chi connectivity index (χ0n) is 15.1. The van der Waals surface area contributed by atoms with Gasteiger partial charge in [-0.1, -0.05) is 29.3 Å². The van der Waals surface area contributed by atoms with Gasteiger partial charge < -0.3 is 10.2 Å². The summed E-state index contributed by atoms with van der Waals surface area (Å²) in [7, 11) is 0. The molecule has 0 fully saturated rings. The molecule has 27 heavy (non-hydrogen) atoms. The van der Waals surface area contributed by atoms with E-state index in [4.69, 9.17) is 23.2 Å². The molecular weight excluding hydrogens is 383 g/mol. The number of amides is 1. The Hall–Kier alpha value is -2.50. The highest BCUT2D eigenvalue weighted by Crippen LogP contribution is 2.28. The van der Waals surface area contributed by atoms with Crippen LogP contribution in [-0.4, -0.2) is 29.2 Å². The Bertz CT molecular complexity index is 933. The Kier molecular flexibility index (Phi) is 6.04. The van der Waals surface area contributed by atoms with E-state index in [2.05, 4.69) is 34.3 Å². The highest BCUT2D eigenvalue weighted by molar-refractivity contribution is 6.42. The van der Waals surface area contributed by atoms with E-state index in [1.165, 1.54) is 0 Å². The van der Waals surface area contributed by atoms with Crippen molar-refractivity contribution in [2.24, 2.45) is 0 Å². The molecule has 3 rings (SSSR count). The van der Waals surface area contributed by atoms with Crippen LogP contribution in [0.4, 0.5) is 11.4 Å². The van der Waals surface area contributed by atoms with Crippen molar-refractivity contribution in [2.75, 3.05) is 23.3 Å². The zero-order valence-corrected chi connectivity index (χ0v) is 16.6. The van der Waals surface area contributed by atoms with Crippen LogP contribution >= 0.6 is 23.2 Å². The Morgan fingerprint density at radius 2 is 1.74 bits per heavy atom. The topological polar surface area (TPSA) is 61.0 Å². The van der Waals surface area contributed by atoms with Gasteiger partial charge in [0.05, 0.1) is 15.7 Å². The first-order chi connectivity index (χ1) is 13.0. The monoisotopic (exact) mass is 402 g/mol. The molecule has 0 atom stereocenters. The summed E-state index contributed by atoms with van der Waals surface area (Å²) in [4.78, 5) is 14.7. The van der Waals surface area contributed by atoms with Crippen LogP contribution in [0.5, 0.6) is 0 Å². The van der Waals surface area contributed by atoms with E-state index in [0.717, 1.165) is 30.0 Å². The second kappa shape index (κ2) is 8.46. The van der Waals surface area contributed by atoms with E-state index in [1.807, 2.05) is 24.3 Å². The molecule has 3 aromatic rings. The Morgan fingerprint density at radius 1 is 1.04 bits per heavy atom. The van der Waals surface area contributed by atoms with E-state index < -0.39 is 0 Å². The number of benzene rings is 2. The third-order valence-electron chi connectivity index (χ3n) is 4.29. The maximum atomic E-state index is 12.5. The molecule has 2 aromatic carbocycles. The number of aromatic amines is 1. The van der Waals surface area contributed by atoms with Crippen LogP contribution in [0, 0.1) is 0 Å². The minimum Gasteiger partial charge on any atom is -0.372 e. The number of H-pyrrole nitrogens is 1. The summed E-state index contributed by atoms with van der Waals surface area (Å²) in [6.07, 6.45) is 0. The van der Waals surface area contributed by atoms with Crippen molar-refractivity contribution in [3.05, 3.63) is 64.3 Å². The molecule has 0 bridgehead atoms. The lowest BCUT2D eigenvalue weighted by atomic mass is 10.1. The number of anilines is 2. The van der Waals surface area contributed by atoms with Crippen LogP contribution in [0.25, 0.3) is 11.3 Å². The smallest absolute Gasteiger partial charge is 0.273 e. The van der Waals surface area contributed by atoms with Gasteiger partial charge in [0.25, 0.3) is 5.91 Å². The normalized spacial score (nSPS) is 10.7. The van der Waals surface area contributed by atoms with E-state index >= 15 is 0 Å². The quantitative estimate of drug-likeness (QED) is 0.573. The van der Waals surface area contributed by atoms with Gasteiger partial charge in [0, 0.05) is 30.0 Å². The van der Waals surface area contributed by atoms with Crippen LogP contribution in [0.15, 0.2) is 48.5 Å². The summed E-state index contributed by atoms with van der Waals surface area (Å²) < 4.78 is 0. The van der Waals surface area contributed by atoms with Crippen molar-refractivity contribution in [3.8, 4) is 11.3 Å². The number of nitrogens with one attached hydrogen (secondary N) is 2. The predicted molar refractivity (Wildman–Crippen MR) is 112 cm³/mol. The van der Waals surface area contributed by atoms with E-state index in [1.54, 1.807) is 24.3 Å². The molecule has 1 heterocycles. The number of hydrogen-bond donors (Lipinski definition) is 2. The highest BCUT2D eigenvalue weighted by Gasteiger charge is 2.12. The molecule has 5 nitrogen and oxygen atoms in total. The van der Waals surface area contributed by atoms with E-state index in [9.17, 15) is 4.79 Å². The highest BCUT2D eigenvalue weighted by atomic mass is 35.5. The molecular formula is C20H20Cl2N4O. The number of carbonyl (C=O) groups excluding carboxylic acids is 1. The maximum absolute atomic E-state index is 12.5. The van der Waals surface area contributed by atoms with Gasteiger partial charge in [0.2, 0.25) is 0 Å². The number of aromatic nitrogens is 2. The first kappa shape index (κ1) is 19.3. The molecule has 7 heteroatoms. The largest absolute Gasteiger partial charge is 0.372 e. The van der Waals surface area contributed by atoms with Gasteiger partial charge in [-0.25, -0.2) is 0 Å². The summed E-state index contributed by atoms with van der Waals surface area (Å²) in [5.74, 6) is -0.260. The van der Waals surface area contributed by atoms with Gasteiger partial charge in [-0.2, -0.15) is 5.10 Å². The Labute approximate surface area is 168 Å². The number of carbonyl (C=O) groups is 1. The maximum Gasteiger partial charge on any atom is 0.273 e. The fraction of sp³-hybridized carbons (Fsp3) is 0.200. The van der Waals surface area contributed by atoms with Crippen molar-refractivity contribution >= 4 is 40.5 Å².